The van der Waals surface area contributed by atoms with Gasteiger partial charge in [0, 0.05) is 5.92 Å². The molecule has 0 aromatic heterocycles. The first-order valence-corrected chi connectivity index (χ1v) is 6.19. The van der Waals surface area contributed by atoms with Crippen LogP contribution in [0.1, 0.15) is 27.2 Å². The lowest BCUT2D eigenvalue weighted by Gasteiger charge is -2.27. The molecule has 0 amide bonds. The zero-order valence-corrected chi connectivity index (χ0v) is 10.5. The topological polar surface area (TPSA) is 43.4 Å². The van der Waals surface area contributed by atoms with Crippen LogP contribution in [0.5, 0.6) is 0 Å². The molecular formula is C14H18O3. The molecule has 0 aromatic carbocycles. The molecule has 2 aliphatic rings. The molecule has 0 radical (unpaired) electrons. The van der Waals surface area contributed by atoms with Crippen molar-refractivity contribution in [3.63, 3.8) is 0 Å². The highest BCUT2D eigenvalue weighted by molar-refractivity contribution is 6.01. The first-order chi connectivity index (χ1) is 8.00. The Morgan fingerprint density at radius 3 is 2.76 bits per heavy atom. The molecule has 0 heterocycles. The molecule has 0 spiro atoms. The van der Waals surface area contributed by atoms with E-state index >= 15 is 0 Å². The molecule has 2 saturated carbocycles. The van der Waals surface area contributed by atoms with Crippen LogP contribution in [0.4, 0.5) is 0 Å². The fourth-order valence-corrected chi connectivity index (χ4v) is 3.21. The lowest BCUT2D eigenvalue weighted by Crippen LogP contribution is -2.34. The van der Waals surface area contributed by atoms with E-state index in [2.05, 4.69) is 5.92 Å². The van der Waals surface area contributed by atoms with E-state index in [-0.39, 0.29) is 23.6 Å². The van der Waals surface area contributed by atoms with Crippen LogP contribution in [-0.4, -0.2) is 18.4 Å². The van der Waals surface area contributed by atoms with Gasteiger partial charge >= 0.3 is 5.97 Å². The molecule has 0 aromatic rings. The number of terminal acetylenes is 1. The van der Waals surface area contributed by atoms with E-state index in [0.29, 0.717) is 12.5 Å². The molecule has 17 heavy (non-hydrogen) atoms. The maximum Gasteiger partial charge on any atom is 0.311 e. The average molecular weight is 234 g/mol. The third kappa shape index (κ3) is 1.43. The lowest BCUT2D eigenvalue weighted by molar-refractivity contribution is -0.146. The highest BCUT2D eigenvalue weighted by Crippen LogP contribution is 2.66. The van der Waals surface area contributed by atoms with Crippen LogP contribution in [0.2, 0.25) is 0 Å². The molecule has 1 unspecified atom stereocenters. The summed E-state index contributed by atoms with van der Waals surface area (Å²) in [6.07, 6.45) is 6.37. The summed E-state index contributed by atoms with van der Waals surface area (Å²) in [5, 5.41) is 0. The van der Waals surface area contributed by atoms with Crippen LogP contribution < -0.4 is 0 Å². The molecule has 2 aliphatic carbocycles. The van der Waals surface area contributed by atoms with Gasteiger partial charge in [-0.2, -0.15) is 0 Å². The third-order valence-corrected chi connectivity index (χ3v) is 4.45. The summed E-state index contributed by atoms with van der Waals surface area (Å²) in [4.78, 5) is 24.1. The number of ether oxygens (including phenoxy) is 1. The zero-order chi connectivity index (χ0) is 12.8. The van der Waals surface area contributed by atoms with Gasteiger partial charge in [-0.05, 0) is 25.2 Å². The quantitative estimate of drug-likeness (QED) is 0.539. The molecule has 0 saturated heterocycles. The fourth-order valence-electron chi connectivity index (χ4n) is 3.21. The summed E-state index contributed by atoms with van der Waals surface area (Å²) < 4.78 is 5.02. The Kier molecular flexibility index (Phi) is 2.77. The smallest absolute Gasteiger partial charge is 0.311 e. The number of hydrogen-bond donors (Lipinski definition) is 0. The van der Waals surface area contributed by atoms with Crippen molar-refractivity contribution in [1.29, 1.82) is 0 Å². The summed E-state index contributed by atoms with van der Waals surface area (Å²) in [5.41, 5.74) is -0.849. The average Bonchev–Trinajstić information content (AvgIpc) is 2.96. The molecule has 92 valence electrons. The van der Waals surface area contributed by atoms with Gasteiger partial charge in [-0.25, -0.2) is 0 Å². The molecule has 2 rings (SSSR count). The van der Waals surface area contributed by atoms with Crippen molar-refractivity contribution >= 4 is 11.8 Å². The van der Waals surface area contributed by atoms with Crippen molar-refractivity contribution in [1.82, 2.24) is 0 Å². The van der Waals surface area contributed by atoms with Gasteiger partial charge in [0.1, 0.15) is 5.41 Å². The number of rotatable bonds is 2. The van der Waals surface area contributed by atoms with E-state index in [4.69, 9.17) is 11.2 Å². The van der Waals surface area contributed by atoms with Crippen molar-refractivity contribution < 1.29 is 14.3 Å². The van der Waals surface area contributed by atoms with Gasteiger partial charge in [-0.15, -0.1) is 6.42 Å². The molecule has 3 nitrogen and oxygen atoms in total. The van der Waals surface area contributed by atoms with Crippen molar-refractivity contribution in [3.05, 3.63) is 0 Å². The van der Waals surface area contributed by atoms with E-state index in [0.717, 1.165) is 6.42 Å². The minimum absolute atomic E-state index is 0.00486. The first-order valence-electron chi connectivity index (χ1n) is 6.19. The first kappa shape index (κ1) is 12.2. The van der Waals surface area contributed by atoms with Crippen LogP contribution in [0, 0.1) is 41.4 Å². The molecule has 3 heteroatoms. The summed E-state index contributed by atoms with van der Waals surface area (Å²) >= 11 is 0. The predicted molar refractivity (Wildman–Crippen MR) is 62.8 cm³/mol. The minimum Gasteiger partial charge on any atom is -0.466 e. The standard InChI is InChI=1S/C14H18O3/c1-5-14-10(11(14)13(16)17-6-2)7-8(3)9(4)12(14)15/h1,8-11H,6-7H2,2-4H3/t8-,9+,10?,11+,14-/m1/s1. The SMILES string of the molecule is C#C[C@@]12C(=O)[C@@H](C)[C@H](C)CC1[C@H]2C(=O)OCC. The van der Waals surface area contributed by atoms with Gasteiger partial charge in [-0.3, -0.25) is 9.59 Å². The van der Waals surface area contributed by atoms with Gasteiger partial charge in [0.15, 0.2) is 5.78 Å². The second kappa shape index (κ2) is 3.87. The fraction of sp³-hybridized carbons (Fsp3) is 0.714. The molecular weight excluding hydrogens is 216 g/mol. The number of carbonyl (C=O) groups excluding carboxylic acids is 2. The van der Waals surface area contributed by atoms with Crippen molar-refractivity contribution in [2.75, 3.05) is 6.61 Å². The van der Waals surface area contributed by atoms with Crippen LogP contribution in [0.25, 0.3) is 0 Å². The number of carbonyl (C=O) groups is 2. The van der Waals surface area contributed by atoms with E-state index in [9.17, 15) is 9.59 Å². The Balaban J connectivity index is 2.27. The monoisotopic (exact) mass is 234 g/mol. The number of hydrogen-bond acceptors (Lipinski definition) is 3. The van der Waals surface area contributed by atoms with Gasteiger partial charge in [0.2, 0.25) is 0 Å². The largest absolute Gasteiger partial charge is 0.466 e. The Labute approximate surface area is 102 Å². The summed E-state index contributed by atoms with van der Waals surface area (Å²) in [6, 6.07) is 0. The second-order valence-corrected chi connectivity index (χ2v) is 5.22. The Hall–Kier alpha value is -1.30. The second-order valence-electron chi connectivity index (χ2n) is 5.22. The lowest BCUT2D eigenvalue weighted by atomic mass is 9.74. The summed E-state index contributed by atoms with van der Waals surface area (Å²) in [6.45, 7) is 6.05. The Bertz CT molecular complexity index is 406. The molecule has 0 aliphatic heterocycles. The highest BCUT2D eigenvalue weighted by atomic mass is 16.5. The Morgan fingerprint density at radius 2 is 2.24 bits per heavy atom. The normalized spacial score (nSPS) is 43.5. The van der Waals surface area contributed by atoms with Crippen molar-refractivity contribution in [2.24, 2.45) is 29.1 Å². The van der Waals surface area contributed by atoms with Gasteiger partial charge in [0.05, 0.1) is 12.5 Å². The maximum atomic E-state index is 12.3. The molecule has 0 N–H and O–H groups in total. The maximum absolute atomic E-state index is 12.3. The highest BCUT2D eigenvalue weighted by Gasteiger charge is 2.75. The van der Waals surface area contributed by atoms with Crippen LogP contribution >= 0.6 is 0 Å². The summed E-state index contributed by atoms with van der Waals surface area (Å²) in [7, 11) is 0. The van der Waals surface area contributed by atoms with E-state index < -0.39 is 11.3 Å². The zero-order valence-electron chi connectivity index (χ0n) is 10.5. The van der Waals surface area contributed by atoms with E-state index in [1.54, 1.807) is 6.92 Å². The molecule has 2 fully saturated rings. The molecule has 0 bridgehead atoms. The summed E-state index contributed by atoms with van der Waals surface area (Å²) in [5.74, 6) is 2.20. The number of ketones is 1. The van der Waals surface area contributed by atoms with Gasteiger partial charge in [0.25, 0.3) is 0 Å². The van der Waals surface area contributed by atoms with Gasteiger partial charge < -0.3 is 4.74 Å². The molecule has 5 atom stereocenters. The van der Waals surface area contributed by atoms with Gasteiger partial charge in [-0.1, -0.05) is 19.8 Å². The van der Waals surface area contributed by atoms with Crippen molar-refractivity contribution in [2.45, 2.75) is 27.2 Å². The van der Waals surface area contributed by atoms with E-state index in [1.807, 2.05) is 13.8 Å². The third-order valence-electron chi connectivity index (χ3n) is 4.45. The van der Waals surface area contributed by atoms with E-state index in [1.165, 1.54) is 0 Å². The van der Waals surface area contributed by atoms with Crippen LogP contribution in [0.3, 0.4) is 0 Å². The minimum atomic E-state index is -0.849. The Morgan fingerprint density at radius 1 is 1.59 bits per heavy atom. The van der Waals surface area contributed by atoms with Crippen molar-refractivity contribution in [3.8, 4) is 12.3 Å². The number of esters is 1. The predicted octanol–water partition coefficient (Wildman–Crippen LogP) is 1.66. The van der Waals surface area contributed by atoms with Crippen LogP contribution in [0.15, 0.2) is 0 Å². The number of Topliss-reactive ketones (excluding diaryl/α,β-unsaturated/α-hetero) is 1. The van der Waals surface area contributed by atoms with Crippen LogP contribution in [-0.2, 0) is 14.3 Å². The number of fused-ring (bicyclic) bond motifs is 1.